The van der Waals surface area contributed by atoms with Crippen molar-refractivity contribution in [3.8, 4) is 11.3 Å². The van der Waals surface area contributed by atoms with Crippen molar-refractivity contribution in [1.82, 2.24) is 19.9 Å². The highest BCUT2D eigenvalue weighted by molar-refractivity contribution is 6.01. The van der Waals surface area contributed by atoms with Gasteiger partial charge in [0.1, 0.15) is 24.3 Å². The summed E-state index contributed by atoms with van der Waals surface area (Å²) in [6, 6.07) is 6.77. The van der Waals surface area contributed by atoms with Gasteiger partial charge >= 0.3 is 5.97 Å². The maximum absolute atomic E-state index is 13.4. The highest BCUT2D eigenvalue weighted by Crippen LogP contribution is 2.20. The zero-order valence-corrected chi connectivity index (χ0v) is 12.1. The van der Waals surface area contributed by atoms with Crippen LogP contribution in [0.2, 0.25) is 0 Å². The van der Waals surface area contributed by atoms with E-state index in [2.05, 4.69) is 15.4 Å². The fourth-order valence-electron chi connectivity index (χ4n) is 2.32. The van der Waals surface area contributed by atoms with E-state index < -0.39 is 29.7 Å². The zero-order valence-electron chi connectivity index (χ0n) is 12.1. The van der Waals surface area contributed by atoms with Crippen molar-refractivity contribution in [2.45, 2.75) is 0 Å². The second kappa shape index (κ2) is 5.95. The van der Waals surface area contributed by atoms with E-state index in [9.17, 15) is 18.8 Å². The first-order chi connectivity index (χ1) is 11.5. The molecule has 8 nitrogen and oxygen atoms in total. The van der Waals surface area contributed by atoms with Crippen molar-refractivity contribution in [2.24, 2.45) is 0 Å². The SMILES string of the molecule is O=C(O)CNC(=O)c1c(=O)cc(-c2cccc(F)c2)n2[nH]cnc12. The van der Waals surface area contributed by atoms with Gasteiger partial charge in [0.2, 0.25) is 0 Å². The number of carboxylic acid groups (broad SMARTS) is 1. The minimum absolute atomic E-state index is 0.0182. The average molecular weight is 330 g/mol. The largest absolute Gasteiger partial charge is 0.480 e. The summed E-state index contributed by atoms with van der Waals surface area (Å²) in [5, 5.41) is 13.5. The third kappa shape index (κ3) is 2.74. The number of fused-ring (bicyclic) bond motifs is 1. The lowest BCUT2D eigenvalue weighted by molar-refractivity contribution is -0.135. The predicted octanol–water partition coefficient (Wildman–Crippen LogP) is 0.643. The predicted molar refractivity (Wildman–Crippen MR) is 81.2 cm³/mol. The molecule has 0 aliphatic heterocycles. The number of hydrogen-bond donors (Lipinski definition) is 3. The first kappa shape index (κ1) is 15.4. The highest BCUT2D eigenvalue weighted by Gasteiger charge is 2.20. The molecule has 2 heterocycles. The molecule has 0 radical (unpaired) electrons. The van der Waals surface area contributed by atoms with Crippen LogP contribution in [0.5, 0.6) is 0 Å². The van der Waals surface area contributed by atoms with Crippen LogP contribution in [0, 0.1) is 5.82 Å². The minimum atomic E-state index is -1.24. The number of carboxylic acids is 1. The Morgan fingerprint density at radius 3 is 2.83 bits per heavy atom. The molecular formula is C15H11FN4O4. The van der Waals surface area contributed by atoms with Gasteiger partial charge in [-0.25, -0.2) is 13.9 Å². The van der Waals surface area contributed by atoms with Crippen LogP contribution in [0.1, 0.15) is 10.4 Å². The van der Waals surface area contributed by atoms with Gasteiger partial charge in [-0.15, -0.1) is 0 Å². The molecule has 3 N–H and O–H groups in total. The van der Waals surface area contributed by atoms with Gasteiger partial charge in [-0.3, -0.25) is 19.5 Å². The second-order valence-corrected chi connectivity index (χ2v) is 4.90. The van der Waals surface area contributed by atoms with Crippen LogP contribution in [0.15, 0.2) is 41.5 Å². The summed E-state index contributed by atoms with van der Waals surface area (Å²) in [6.45, 7) is -0.624. The van der Waals surface area contributed by atoms with Gasteiger partial charge in [-0.1, -0.05) is 12.1 Å². The average Bonchev–Trinajstić information content (AvgIpc) is 3.01. The molecule has 0 fully saturated rings. The van der Waals surface area contributed by atoms with Crippen LogP contribution in [0.4, 0.5) is 4.39 Å². The molecule has 122 valence electrons. The van der Waals surface area contributed by atoms with E-state index in [0.29, 0.717) is 11.3 Å². The normalized spacial score (nSPS) is 10.7. The number of rotatable bonds is 4. The summed E-state index contributed by atoms with van der Waals surface area (Å²) in [5.41, 5.74) is -0.183. The molecule has 0 spiro atoms. The van der Waals surface area contributed by atoms with Gasteiger partial charge in [-0.2, -0.15) is 0 Å². The van der Waals surface area contributed by atoms with Crippen LogP contribution in [0.3, 0.4) is 0 Å². The highest BCUT2D eigenvalue weighted by atomic mass is 19.1. The van der Waals surface area contributed by atoms with E-state index in [-0.39, 0.29) is 11.2 Å². The topological polar surface area (TPSA) is 117 Å². The quantitative estimate of drug-likeness (QED) is 0.649. The molecule has 1 aromatic carbocycles. The molecule has 0 bridgehead atoms. The number of nitrogens with zero attached hydrogens (tertiary/aromatic N) is 2. The lowest BCUT2D eigenvalue weighted by Gasteiger charge is -2.08. The van der Waals surface area contributed by atoms with Crippen LogP contribution in [0.25, 0.3) is 16.9 Å². The van der Waals surface area contributed by atoms with E-state index in [4.69, 9.17) is 5.11 Å². The number of carbonyl (C=O) groups excluding carboxylic acids is 1. The maximum atomic E-state index is 13.4. The van der Waals surface area contributed by atoms with Gasteiger partial charge in [0.05, 0.1) is 5.69 Å². The van der Waals surface area contributed by atoms with E-state index in [1.54, 1.807) is 6.07 Å². The Bertz CT molecular complexity index is 1010. The third-order valence-corrected chi connectivity index (χ3v) is 3.31. The van der Waals surface area contributed by atoms with Crippen molar-refractivity contribution in [1.29, 1.82) is 0 Å². The summed E-state index contributed by atoms with van der Waals surface area (Å²) < 4.78 is 14.8. The summed E-state index contributed by atoms with van der Waals surface area (Å²) in [6.07, 6.45) is 1.27. The molecule has 1 amide bonds. The number of aromatic nitrogens is 3. The van der Waals surface area contributed by atoms with E-state index in [1.807, 2.05) is 0 Å². The Morgan fingerprint density at radius 2 is 2.12 bits per heavy atom. The Morgan fingerprint density at radius 1 is 1.33 bits per heavy atom. The Balaban J connectivity index is 2.15. The van der Waals surface area contributed by atoms with Gasteiger partial charge in [0.15, 0.2) is 11.1 Å². The molecule has 0 atom stereocenters. The fourth-order valence-corrected chi connectivity index (χ4v) is 2.32. The van der Waals surface area contributed by atoms with Gasteiger partial charge in [0.25, 0.3) is 5.91 Å². The first-order valence-corrected chi connectivity index (χ1v) is 6.82. The van der Waals surface area contributed by atoms with Crippen molar-refractivity contribution in [3.05, 3.63) is 58.3 Å². The third-order valence-electron chi connectivity index (χ3n) is 3.31. The molecule has 0 unspecified atom stereocenters. The van der Waals surface area contributed by atoms with E-state index >= 15 is 0 Å². The number of amides is 1. The van der Waals surface area contributed by atoms with Gasteiger partial charge < -0.3 is 10.4 Å². The zero-order chi connectivity index (χ0) is 17.3. The molecule has 0 saturated carbocycles. The smallest absolute Gasteiger partial charge is 0.322 e. The molecule has 9 heteroatoms. The Labute approximate surface area is 133 Å². The number of hydrogen-bond acceptors (Lipinski definition) is 4. The molecule has 24 heavy (non-hydrogen) atoms. The molecular weight excluding hydrogens is 319 g/mol. The van der Waals surface area contributed by atoms with Crippen molar-refractivity contribution in [3.63, 3.8) is 0 Å². The van der Waals surface area contributed by atoms with Crippen LogP contribution in [-0.2, 0) is 4.79 Å². The van der Waals surface area contributed by atoms with Crippen molar-refractivity contribution < 1.29 is 19.1 Å². The molecule has 0 aliphatic carbocycles. The van der Waals surface area contributed by atoms with Crippen LogP contribution >= 0.6 is 0 Å². The number of pyridine rings is 1. The second-order valence-electron chi connectivity index (χ2n) is 4.90. The number of H-pyrrole nitrogens is 1. The fraction of sp³-hybridized carbons (Fsp3) is 0.0667. The monoisotopic (exact) mass is 330 g/mol. The number of nitrogens with one attached hydrogen (secondary N) is 2. The molecule has 3 aromatic rings. The number of halogens is 1. The Kier molecular flexibility index (Phi) is 3.82. The molecule has 2 aromatic heterocycles. The number of aliphatic carboxylic acids is 1. The van der Waals surface area contributed by atoms with Gasteiger partial charge in [-0.05, 0) is 12.1 Å². The summed E-state index contributed by atoms with van der Waals surface area (Å²) in [7, 11) is 0. The summed E-state index contributed by atoms with van der Waals surface area (Å²) in [4.78, 5) is 38.9. The van der Waals surface area contributed by atoms with Crippen molar-refractivity contribution in [2.75, 3.05) is 6.54 Å². The van der Waals surface area contributed by atoms with Crippen LogP contribution in [-0.4, -0.2) is 38.1 Å². The Hall–Kier alpha value is -3.49. The first-order valence-electron chi connectivity index (χ1n) is 6.82. The summed E-state index contributed by atoms with van der Waals surface area (Å²) >= 11 is 0. The summed E-state index contributed by atoms with van der Waals surface area (Å²) in [5.74, 6) is -2.56. The van der Waals surface area contributed by atoms with Crippen LogP contribution < -0.4 is 10.7 Å². The van der Waals surface area contributed by atoms with Gasteiger partial charge in [0, 0.05) is 11.6 Å². The lowest BCUT2D eigenvalue weighted by Crippen LogP contribution is -2.33. The lowest BCUT2D eigenvalue weighted by atomic mass is 10.1. The molecule has 0 aliphatic rings. The maximum Gasteiger partial charge on any atom is 0.322 e. The minimum Gasteiger partial charge on any atom is -0.480 e. The molecule has 3 rings (SSSR count). The number of benzene rings is 1. The standard InChI is InChI=1S/C15H11FN4O4/c16-9-3-1-2-8(4-9)10-5-11(21)13(14-18-7-19-20(10)14)15(24)17-6-12(22)23/h1-5,7H,6H2,(H,17,24)(H,18,19)(H,22,23). The van der Waals surface area contributed by atoms with Crippen molar-refractivity contribution >= 4 is 17.5 Å². The molecule has 0 saturated heterocycles. The number of aromatic amines is 1. The number of carbonyl (C=O) groups is 2. The van der Waals surface area contributed by atoms with E-state index in [1.165, 1.54) is 29.0 Å². The van der Waals surface area contributed by atoms with E-state index in [0.717, 1.165) is 6.07 Å².